The average Bonchev–Trinajstić information content (AvgIpc) is 2.23. The maximum absolute atomic E-state index is 8.37. The Hall–Kier alpha value is -1.22. The molecule has 82 valence electrons. The van der Waals surface area contributed by atoms with Crippen LogP contribution < -0.4 is 4.74 Å². The van der Waals surface area contributed by atoms with Crippen LogP contribution in [0.1, 0.15) is 25.3 Å². The zero-order valence-corrected chi connectivity index (χ0v) is 9.37. The first-order valence-electron chi connectivity index (χ1n) is 4.87. The van der Waals surface area contributed by atoms with E-state index >= 15 is 0 Å². The SMILES string of the molecule is CCCCOc1ccc(/C=N/O)c(Cl)c1. The van der Waals surface area contributed by atoms with Crippen molar-refractivity contribution in [2.45, 2.75) is 19.8 Å². The van der Waals surface area contributed by atoms with E-state index in [-0.39, 0.29) is 0 Å². The van der Waals surface area contributed by atoms with E-state index in [1.807, 2.05) is 0 Å². The second-order valence-corrected chi connectivity index (χ2v) is 3.54. The molecule has 0 saturated carbocycles. The number of ether oxygens (including phenoxy) is 1. The minimum Gasteiger partial charge on any atom is -0.494 e. The van der Waals surface area contributed by atoms with Crippen molar-refractivity contribution in [2.75, 3.05) is 6.61 Å². The highest BCUT2D eigenvalue weighted by atomic mass is 35.5. The molecule has 0 spiro atoms. The van der Waals surface area contributed by atoms with Gasteiger partial charge in [-0.2, -0.15) is 0 Å². The first-order chi connectivity index (χ1) is 7.27. The molecule has 0 aromatic heterocycles. The Labute approximate surface area is 94.3 Å². The van der Waals surface area contributed by atoms with Crippen molar-refractivity contribution in [2.24, 2.45) is 5.16 Å². The molecule has 1 aromatic carbocycles. The summed E-state index contributed by atoms with van der Waals surface area (Å²) in [6.45, 7) is 2.80. The van der Waals surface area contributed by atoms with Gasteiger partial charge in [0.25, 0.3) is 0 Å². The summed E-state index contributed by atoms with van der Waals surface area (Å²) in [5.41, 5.74) is 0.669. The number of halogens is 1. The first-order valence-corrected chi connectivity index (χ1v) is 5.25. The summed E-state index contributed by atoms with van der Waals surface area (Å²) >= 11 is 5.94. The summed E-state index contributed by atoms with van der Waals surface area (Å²) in [6, 6.07) is 5.27. The molecule has 0 bridgehead atoms. The van der Waals surface area contributed by atoms with Crippen LogP contribution in [-0.4, -0.2) is 18.0 Å². The van der Waals surface area contributed by atoms with E-state index in [9.17, 15) is 0 Å². The van der Waals surface area contributed by atoms with E-state index < -0.39 is 0 Å². The van der Waals surface area contributed by atoms with Gasteiger partial charge < -0.3 is 9.94 Å². The molecule has 0 fully saturated rings. The maximum Gasteiger partial charge on any atom is 0.120 e. The third-order valence-corrected chi connectivity index (χ3v) is 2.26. The first kappa shape index (κ1) is 11.9. The second kappa shape index (κ2) is 6.30. The molecular formula is C11H14ClNO2. The fourth-order valence-corrected chi connectivity index (χ4v) is 1.32. The van der Waals surface area contributed by atoms with E-state index in [1.165, 1.54) is 6.21 Å². The second-order valence-electron chi connectivity index (χ2n) is 3.13. The Balaban J connectivity index is 2.65. The minimum atomic E-state index is 0.516. The number of oxime groups is 1. The third kappa shape index (κ3) is 3.80. The average molecular weight is 228 g/mol. The molecule has 1 N–H and O–H groups in total. The number of rotatable bonds is 5. The van der Waals surface area contributed by atoms with Gasteiger partial charge in [0, 0.05) is 5.56 Å². The zero-order chi connectivity index (χ0) is 11.1. The highest BCUT2D eigenvalue weighted by molar-refractivity contribution is 6.33. The standard InChI is InChI=1S/C11H14ClNO2/c1-2-3-6-15-10-5-4-9(8-13-14)11(12)7-10/h4-5,7-8,14H,2-3,6H2,1H3/b13-8+. The lowest BCUT2D eigenvalue weighted by Crippen LogP contribution is -1.96. The summed E-state index contributed by atoms with van der Waals surface area (Å²) in [5, 5.41) is 11.8. The third-order valence-electron chi connectivity index (χ3n) is 1.94. The zero-order valence-electron chi connectivity index (χ0n) is 8.61. The van der Waals surface area contributed by atoms with Crippen molar-refractivity contribution in [3.8, 4) is 5.75 Å². The fraction of sp³-hybridized carbons (Fsp3) is 0.364. The predicted octanol–water partition coefficient (Wildman–Crippen LogP) is 3.33. The highest BCUT2D eigenvalue weighted by Gasteiger charge is 2.00. The Morgan fingerprint density at radius 3 is 2.93 bits per heavy atom. The van der Waals surface area contributed by atoms with Gasteiger partial charge in [-0.15, -0.1) is 0 Å². The molecule has 1 aromatic rings. The van der Waals surface area contributed by atoms with Crippen LogP contribution in [0.3, 0.4) is 0 Å². The summed E-state index contributed by atoms with van der Waals surface area (Å²) in [4.78, 5) is 0. The summed E-state index contributed by atoms with van der Waals surface area (Å²) < 4.78 is 5.47. The van der Waals surface area contributed by atoms with Crippen LogP contribution in [0.5, 0.6) is 5.75 Å². The molecule has 1 rings (SSSR count). The number of unbranched alkanes of at least 4 members (excludes halogenated alkanes) is 1. The van der Waals surface area contributed by atoms with Crippen LogP contribution in [0.15, 0.2) is 23.4 Å². The van der Waals surface area contributed by atoms with Crippen molar-refractivity contribution >= 4 is 17.8 Å². The Morgan fingerprint density at radius 1 is 1.53 bits per heavy atom. The Bertz CT molecular complexity index is 339. The molecule has 0 amide bonds. The fourth-order valence-electron chi connectivity index (χ4n) is 1.10. The summed E-state index contributed by atoms with van der Waals surface area (Å²) in [6.07, 6.45) is 3.42. The molecule has 0 unspecified atom stereocenters. The number of hydrogen-bond acceptors (Lipinski definition) is 3. The molecule has 3 nitrogen and oxygen atoms in total. The monoisotopic (exact) mass is 227 g/mol. The number of nitrogens with zero attached hydrogens (tertiary/aromatic N) is 1. The topological polar surface area (TPSA) is 41.8 Å². The van der Waals surface area contributed by atoms with Crippen LogP contribution in [0.2, 0.25) is 5.02 Å². The van der Waals surface area contributed by atoms with Gasteiger partial charge >= 0.3 is 0 Å². The van der Waals surface area contributed by atoms with E-state index in [1.54, 1.807) is 18.2 Å². The predicted molar refractivity (Wildman–Crippen MR) is 61.2 cm³/mol. The molecule has 15 heavy (non-hydrogen) atoms. The van der Waals surface area contributed by atoms with Crippen molar-refractivity contribution in [1.82, 2.24) is 0 Å². The van der Waals surface area contributed by atoms with Gasteiger partial charge in [-0.3, -0.25) is 0 Å². The van der Waals surface area contributed by atoms with Crippen molar-refractivity contribution in [3.63, 3.8) is 0 Å². The van der Waals surface area contributed by atoms with Gasteiger partial charge in [0.1, 0.15) is 5.75 Å². The van der Waals surface area contributed by atoms with E-state index in [4.69, 9.17) is 21.5 Å². The lowest BCUT2D eigenvalue weighted by Gasteiger charge is -2.06. The lowest BCUT2D eigenvalue weighted by molar-refractivity contribution is 0.309. The van der Waals surface area contributed by atoms with Gasteiger partial charge in [0.15, 0.2) is 0 Å². The summed E-state index contributed by atoms with van der Waals surface area (Å²) in [7, 11) is 0. The molecule has 0 heterocycles. The van der Waals surface area contributed by atoms with Crippen LogP contribution in [-0.2, 0) is 0 Å². The smallest absolute Gasteiger partial charge is 0.120 e. The normalized spacial score (nSPS) is 10.8. The van der Waals surface area contributed by atoms with Gasteiger partial charge in [0.2, 0.25) is 0 Å². The maximum atomic E-state index is 8.37. The number of hydrogen-bond donors (Lipinski definition) is 1. The van der Waals surface area contributed by atoms with E-state index in [0.717, 1.165) is 18.6 Å². The molecule has 4 heteroatoms. The molecule has 0 radical (unpaired) electrons. The van der Waals surface area contributed by atoms with Gasteiger partial charge in [-0.05, 0) is 24.6 Å². The van der Waals surface area contributed by atoms with Crippen LogP contribution >= 0.6 is 11.6 Å². The quantitative estimate of drug-likeness (QED) is 0.363. The highest BCUT2D eigenvalue weighted by Crippen LogP contribution is 2.21. The van der Waals surface area contributed by atoms with Crippen LogP contribution in [0.25, 0.3) is 0 Å². The van der Waals surface area contributed by atoms with E-state index in [2.05, 4.69) is 12.1 Å². The number of benzene rings is 1. The van der Waals surface area contributed by atoms with Gasteiger partial charge in [-0.1, -0.05) is 30.1 Å². The lowest BCUT2D eigenvalue weighted by atomic mass is 10.2. The molecule has 0 aliphatic heterocycles. The molecule has 0 aliphatic rings. The molecule has 0 aliphatic carbocycles. The molecule has 0 saturated heterocycles. The largest absolute Gasteiger partial charge is 0.494 e. The molecule has 0 atom stereocenters. The van der Waals surface area contributed by atoms with Gasteiger partial charge in [-0.25, -0.2) is 0 Å². The molecular weight excluding hydrogens is 214 g/mol. The van der Waals surface area contributed by atoms with E-state index in [0.29, 0.717) is 17.2 Å². The Morgan fingerprint density at radius 2 is 2.33 bits per heavy atom. The van der Waals surface area contributed by atoms with Crippen LogP contribution in [0.4, 0.5) is 0 Å². The van der Waals surface area contributed by atoms with Crippen molar-refractivity contribution < 1.29 is 9.94 Å². The van der Waals surface area contributed by atoms with Crippen molar-refractivity contribution in [1.29, 1.82) is 0 Å². The van der Waals surface area contributed by atoms with Crippen molar-refractivity contribution in [3.05, 3.63) is 28.8 Å². The minimum absolute atomic E-state index is 0.516. The van der Waals surface area contributed by atoms with Crippen LogP contribution in [0, 0.1) is 0 Å². The Kier molecular flexibility index (Phi) is 4.98. The van der Waals surface area contributed by atoms with Gasteiger partial charge in [0.05, 0.1) is 17.8 Å². The summed E-state index contributed by atoms with van der Waals surface area (Å²) in [5.74, 6) is 0.739.